The first-order chi connectivity index (χ1) is 16.2. The lowest BCUT2D eigenvalue weighted by molar-refractivity contribution is -0.161. The number of carbonyl (C=O) groups excluding carboxylic acids is 1. The standard InChI is InChI=1S/C27H39NO6Si/c1-26(2,3)33-25(31)28-22(17-20-13-9-7-10-14-20)23(34-35(4,5)6)19-27(32,24(29)30)18-21-15-11-8-12-16-21/h7-16,22-23,32H,17-19H2,1-6H3,(H,28,31)(H,29,30)/t22-,23-,27?/m0/s1. The molecule has 35 heavy (non-hydrogen) atoms. The quantitative estimate of drug-likeness (QED) is 0.382. The molecule has 8 heteroatoms. The minimum atomic E-state index is -2.22. The summed E-state index contributed by atoms with van der Waals surface area (Å²) in [5.41, 5.74) is -1.15. The van der Waals surface area contributed by atoms with Gasteiger partial charge in [0.15, 0.2) is 13.9 Å². The zero-order chi connectivity index (χ0) is 26.3. The molecule has 3 atom stereocenters. The molecule has 0 aliphatic rings. The van der Waals surface area contributed by atoms with Crippen LogP contribution in [-0.4, -0.2) is 53.9 Å². The van der Waals surface area contributed by atoms with Gasteiger partial charge in [0.05, 0.1) is 12.1 Å². The van der Waals surface area contributed by atoms with E-state index in [2.05, 4.69) is 5.32 Å². The van der Waals surface area contributed by atoms with Crippen LogP contribution in [0.2, 0.25) is 19.6 Å². The van der Waals surface area contributed by atoms with Crippen molar-refractivity contribution in [2.45, 2.75) is 83.0 Å². The number of alkyl carbamates (subject to hydrolysis) is 1. The molecule has 2 aromatic rings. The molecule has 2 aromatic carbocycles. The summed E-state index contributed by atoms with van der Waals surface area (Å²) in [5.74, 6) is -1.33. The first-order valence-corrected chi connectivity index (χ1v) is 15.3. The fourth-order valence-corrected chi connectivity index (χ4v) is 4.98. The number of hydrogen-bond acceptors (Lipinski definition) is 5. The van der Waals surface area contributed by atoms with E-state index in [9.17, 15) is 19.8 Å². The van der Waals surface area contributed by atoms with Crippen molar-refractivity contribution in [2.24, 2.45) is 0 Å². The summed E-state index contributed by atoms with van der Waals surface area (Å²) >= 11 is 0. The number of carboxylic acids is 1. The average molecular weight is 502 g/mol. The van der Waals surface area contributed by atoms with Crippen LogP contribution in [0.25, 0.3) is 0 Å². The lowest BCUT2D eigenvalue weighted by Crippen LogP contribution is -2.55. The minimum absolute atomic E-state index is 0.0841. The SMILES string of the molecule is CC(C)(C)OC(=O)N[C@@H](Cc1ccccc1)[C@H](CC(O)(Cc1ccccc1)C(=O)O)O[Si](C)(C)C. The van der Waals surface area contributed by atoms with Gasteiger partial charge in [-0.05, 0) is 58.0 Å². The number of nitrogens with one attached hydrogen (secondary N) is 1. The molecule has 0 aromatic heterocycles. The normalized spacial score (nSPS) is 15.5. The van der Waals surface area contributed by atoms with Crippen molar-refractivity contribution in [1.29, 1.82) is 0 Å². The number of aliphatic carboxylic acids is 1. The number of aliphatic hydroxyl groups is 1. The molecule has 0 bridgehead atoms. The number of carboxylic acid groups (broad SMARTS) is 1. The zero-order valence-electron chi connectivity index (χ0n) is 21.6. The van der Waals surface area contributed by atoms with Crippen LogP contribution in [-0.2, 0) is 26.8 Å². The van der Waals surface area contributed by atoms with Crippen LogP contribution in [0.15, 0.2) is 60.7 Å². The van der Waals surface area contributed by atoms with Gasteiger partial charge in [-0.25, -0.2) is 9.59 Å². The minimum Gasteiger partial charge on any atom is -0.479 e. The van der Waals surface area contributed by atoms with Gasteiger partial charge in [0.25, 0.3) is 0 Å². The summed E-state index contributed by atoms with van der Waals surface area (Å²) in [6.45, 7) is 11.3. The van der Waals surface area contributed by atoms with Gasteiger partial charge < -0.3 is 24.7 Å². The van der Waals surface area contributed by atoms with E-state index < -0.39 is 43.7 Å². The van der Waals surface area contributed by atoms with Crippen molar-refractivity contribution in [3.8, 4) is 0 Å². The van der Waals surface area contributed by atoms with E-state index in [1.807, 2.05) is 56.0 Å². The molecule has 0 spiro atoms. The molecule has 1 amide bonds. The molecule has 0 radical (unpaired) electrons. The summed E-state index contributed by atoms with van der Waals surface area (Å²) in [6.07, 6.45) is -1.28. The molecule has 0 fully saturated rings. The first-order valence-electron chi connectivity index (χ1n) is 11.9. The maximum Gasteiger partial charge on any atom is 0.407 e. The van der Waals surface area contributed by atoms with Gasteiger partial charge in [-0.1, -0.05) is 60.7 Å². The monoisotopic (exact) mass is 501 g/mol. The van der Waals surface area contributed by atoms with Gasteiger partial charge in [-0.15, -0.1) is 0 Å². The fraction of sp³-hybridized carbons (Fsp3) is 0.481. The van der Waals surface area contributed by atoms with Crippen molar-refractivity contribution in [1.82, 2.24) is 5.32 Å². The Morgan fingerprint density at radius 1 is 0.943 bits per heavy atom. The molecule has 3 N–H and O–H groups in total. The molecule has 192 valence electrons. The summed E-state index contributed by atoms with van der Waals surface area (Å²) in [6, 6.07) is 17.9. The Morgan fingerprint density at radius 3 is 1.91 bits per heavy atom. The first kappa shape index (κ1) is 28.6. The average Bonchev–Trinajstić information content (AvgIpc) is 2.72. The Labute approximate surface area is 209 Å². The van der Waals surface area contributed by atoms with Gasteiger partial charge in [0.1, 0.15) is 5.60 Å². The fourth-order valence-electron chi connectivity index (χ4n) is 3.82. The third kappa shape index (κ3) is 10.2. The van der Waals surface area contributed by atoms with Gasteiger partial charge in [-0.2, -0.15) is 0 Å². The molecule has 1 unspecified atom stereocenters. The maximum atomic E-state index is 12.8. The number of carbonyl (C=O) groups is 2. The van der Waals surface area contributed by atoms with Crippen molar-refractivity contribution >= 4 is 20.4 Å². The number of amides is 1. The molecular weight excluding hydrogens is 462 g/mol. The highest BCUT2D eigenvalue weighted by atomic mass is 28.4. The Balaban J connectivity index is 2.42. The molecule has 7 nitrogen and oxygen atoms in total. The van der Waals surface area contributed by atoms with E-state index in [0.29, 0.717) is 12.0 Å². The molecule has 0 saturated carbocycles. The lowest BCUT2D eigenvalue weighted by atomic mass is 9.85. The highest BCUT2D eigenvalue weighted by molar-refractivity contribution is 6.69. The van der Waals surface area contributed by atoms with Crippen molar-refractivity contribution in [3.05, 3.63) is 71.8 Å². The second-order valence-electron chi connectivity index (χ2n) is 10.9. The largest absolute Gasteiger partial charge is 0.479 e. The second kappa shape index (κ2) is 11.8. The van der Waals surface area contributed by atoms with Gasteiger partial charge in [0.2, 0.25) is 0 Å². The number of benzene rings is 2. The predicted octanol–water partition coefficient (Wildman–Crippen LogP) is 4.79. The summed E-state index contributed by atoms with van der Waals surface area (Å²) in [4.78, 5) is 25.1. The van der Waals surface area contributed by atoms with Crippen LogP contribution >= 0.6 is 0 Å². The molecule has 0 aliphatic carbocycles. The maximum absolute atomic E-state index is 12.8. The van der Waals surface area contributed by atoms with E-state index in [-0.39, 0.29) is 12.8 Å². The van der Waals surface area contributed by atoms with Gasteiger partial charge in [-0.3, -0.25) is 0 Å². The number of ether oxygens (including phenoxy) is 1. The Kier molecular flexibility index (Phi) is 9.65. The van der Waals surface area contributed by atoms with Crippen LogP contribution in [0.4, 0.5) is 4.79 Å². The second-order valence-corrected chi connectivity index (χ2v) is 15.4. The lowest BCUT2D eigenvalue weighted by Gasteiger charge is -2.37. The molecular formula is C27H39NO6Si. The molecule has 0 aliphatic heterocycles. The van der Waals surface area contributed by atoms with Crippen LogP contribution in [0.3, 0.4) is 0 Å². The third-order valence-electron chi connectivity index (χ3n) is 5.23. The van der Waals surface area contributed by atoms with Crippen molar-refractivity contribution in [2.75, 3.05) is 0 Å². The van der Waals surface area contributed by atoms with Crippen molar-refractivity contribution in [3.63, 3.8) is 0 Å². The molecule has 0 saturated heterocycles. The van der Waals surface area contributed by atoms with Crippen LogP contribution in [0.1, 0.15) is 38.3 Å². The Morgan fingerprint density at radius 2 is 1.46 bits per heavy atom. The highest BCUT2D eigenvalue weighted by Crippen LogP contribution is 2.27. The smallest absolute Gasteiger partial charge is 0.407 e. The van der Waals surface area contributed by atoms with E-state index in [0.717, 1.165) is 5.56 Å². The van der Waals surface area contributed by atoms with E-state index >= 15 is 0 Å². The molecule has 0 heterocycles. The molecule has 2 rings (SSSR count). The van der Waals surface area contributed by atoms with Crippen LogP contribution in [0.5, 0.6) is 0 Å². The Hall–Kier alpha value is -2.68. The van der Waals surface area contributed by atoms with E-state index in [1.165, 1.54) is 0 Å². The highest BCUT2D eigenvalue weighted by Gasteiger charge is 2.43. The topological polar surface area (TPSA) is 105 Å². The summed E-state index contributed by atoms with van der Waals surface area (Å²) < 4.78 is 11.9. The predicted molar refractivity (Wildman–Crippen MR) is 139 cm³/mol. The van der Waals surface area contributed by atoms with Gasteiger partial charge >= 0.3 is 12.1 Å². The number of hydrogen-bond donors (Lipinski definition) is 3. The summed E-state index contributed by atoms with van der Waals surface area (Å²) in [7, 11) is -2.22. The summed E-state index contributed by atoms with van der Waals surface area (Å²) in [5, 5.41) is 24.3. The van der Waals surface area contributed by atoms with E-state index in [4.69, 9.17) is 9.16 Å². The number of rotatable bonds is 11. The van der Waals surface area contributed by atoms with Crippen LogP contribution in [0, 0.1) is 0 Å². The van der Waals surface area contributed by atoms with E-state index in [1.54, 1.807) is 45.0 Å². The van der Waals surface area contributed by atoms with Crippen LogP contribution < -0.4 is 5.32 Å². The zero-order valence-corrected chi connectivity index (χ0v) is 22.6. The van der Waals surface area contributed by atoms with Crippen molar-refractivity contribution < 1.29 is 29.0 Å². The van der Waals surface area contributed by atoms with Gasteiger partial charge in [0, 0.05) is 12.8 Å². The Bertz CT molecular complexity index is 955. The third-order valence-corrected chi connectivity index (χ3v) is 6.24.